The van der Waals surface area contributed by atoms with Crippen LogP contribution in [0.15, 0.2) is 11.6 Å². The van der Waals surface area contributed by atoms with Crippen molar-refractivity contribution in [3.05, 3.63) is 11.6 Å². The quantitative estimate of drug-likeness (QED) is 0.550. The van der Waals surface area contributed by atoms with Crippen LogP contribution in [0.25, 0.3) is 0 Å². The molecule has 0 amide bonds. The first-order valence-corrected chi connectivity index (χ1v) is 3.24. The highest BCUT2D eigenvalue weighted by atomic mass is 16.3. The summed E-state index contributed by atoms with van der Waals surface area (Å²) >= 11 is 0. The summed E-state index contributed by atoms with van der Waals surface area (Å²) in [5, 5.41) is 17.0. The third kappa shape index (κ3) is 4.18. The molecular formula is C7H14O2. The van der Waals surface area contributed by atoms with Crippen molar-refractivity contribution in [2.75, 3.05) is 13.2 Å². The molecule has 2 nitrogen and oxygen atoms in total. The summed E-state index contributed by atoms with van der Waals surface area (Å²) < 4.78 is 0. The predicted molar refractivity (Wildman–Crippen MR) is 37.2 cm³/mol. The summed E-state index contributed by atoms with van der Waals surface area (Å²) in [7, 11) is 0. The zero-order chi connectivity index (χ0) is 7.11. The molecule has 0 saturated carbocycles. The molecule has 0 fully saturated rings. The molecule has 2 heteroatoms. The third-order valence-corrected chi connectivity index (χ3v) is 1.15. The standard InChI is InChI=1S/C7H14O2/c1-2-3-7(6-9)4-5-8/h4,8-9H,2-3,5-6H2,1H3/b7-4+. The largest absolute Gasteiger partial charge is 0.392 e. The summed E-state index contributed by atoms with van der Waals surface area (Å²) in [6, 6.07) is 0. The van der Waals surface area contributed by atoms with E-state index in [9.17, 15) is 0 Å². The molecule has 0 aromatic rings. The number of aliphatic hydroxyl groups is 2. The summed E-state index contributed by atoms with van der Waals surface area (Å²) in [6.07, 6.45) is 3.56. The van der Waals surface area contributed by atoms with Crippen LogP contribution >= 0.6 is 0 Å². The average molecular weight is 130 g/mol. The number of hydrogen-bond acceptors (Lipinski definition) is 2. The van der Waals surface area contributed by atoms with Gasteiger partial charge in [0.15, 0.2) is 0 Å². The highest BCUT2D eigenvalue weighted by Crippen LogP contribution is 2.01. The normalized spacial score (nSPS) is 12.1. The number of aliphatic hydroxyl groups excluding tert-OH is 2. The molecule has 9 heavy (non-hydrogen) atoms. The Morgan fingerprint density at radius 3 is 2.44 bits per heavy atom. The van der Waals surface area contributed by atoms with Gasteiger partial charge in [0.1, 0.15) is 0 Å². The molecule has 0 aliphatic rings. The van der Waals surface area contributed by atoms with Crippen molar-refractivity contribution in [1.82, 2.24) is 0 Å². The minimum absolute atomic E-state index is 0.0376. The van der Waals surface area contributed by atoms with Gasteiger partial charge in [-0.25, -0.2) is 0 Å². The van der Waals surface area contributed by atoms with E-state index in [0.29, 0.717) is 0 Å². The van der Waals surface area contributed by atoms with Crippen molar-refractivity contribution in [3.63, 3.8) is 0 Å². The van der Waals surface area contributed by atoms with Crippen LogP contribution in [0.5, 0.6) is 0 Å². The van der Waals surface area contributed by atoms with Crippen molar-refractivity contribution in [1.29, 1.82) is 0 Å². The van der Waals surface area contributed by atoms with E-state index >= 15 is 0 Å². The first kappa shape index (κ1) is 8.66. The molecule has 54 valence electrons. The van der Waals surface area contributed by atoms with E-state index in [1.807, 2.05) is 6.92 Å². The summed E-state index contributed by atoms with van der Waals surface area (Å²) in [4.78, 5) is 0. The highest BCUT2D eigenvalue weighted by Gasteiger charge is 1.90. The van der Waals surface area contributed by atoms with Crippen LogP contribution in [-0.4, -0.2) is 23.4 Å². The van der Waals surface area contributed by atoms with Gasteiger partial charge in [0, 0.05) is 0 Å². The van der Waals surface area contributed by atoms with Crippen molar-refractivity contribution < 1.29 is 10.2 Å². The summed E-state index contributed by atoms with van der Waals surface area (Å²) in [6.45, 7) is 2.16. The zero-order valence-electron chi connectivity index (χ0n) is 5.80. The maximum atomic E-state index is 8.61. The van der Waals surface area contributed by atoms with Gasteiger partial charge in [-0.3, -0.25) is 0 Å². The van der Waals surface area contributed by atoms with Gasteiger partial charge in [0.25, 0.3) is 0 Å². The lowest BCUT2D eigenvalue weighted by Gasteiger charge is -1.98. The maximum absolute atomic E-state index is 8.61. The molecule has 0 unspecified atom stereocenters. The molecule has 0 aromatic carbocycles. The molecule has 0 radical (unpaired) electrons. The van der Waals surface area contributed by atoms with Crippen LogP contribution in [0.3, 0.4) is 0 Å². The highest BCUT2D eigenvalue weighted by molar-refractivity contribution is 5.01. The van der Waals surface area contributed by atoms with Crippen LogP contribution in [0.4, 0.5) is 0 Å². The molecule has 0 atom stereocenters. The van der Waals surface area contributed by atoms with E-state index in [1.54, 1.807) is 6.08 Å². The van der Waals surface area contributed by atoms with Gasteiger partial charge in [-0.1, -0.05) is 19.4 Å². The average Bonchev–Trinajstić information content (AvgIpc) is 1.88. The van der Waals surface area contributed by atoms with Crippen LogP contribution in [0.2, 0.25) is 0 Å². The van der Waals surface area contributed by atoms with Gasteiger partial charge < -0.3 is 10.2 Å². The molecule has 0 aromatic heterocycles. The fraction of sp³-hybridized carbons (Fsp3) is 0.714. The number of rotatable bonds is 4. The summed E-state index contributed by atoms with van der Waals surface area (Å²) in [5.74, 6) is 0. The second-order valence-electron chi connectivity index (χ2n) is 1.95. The molecule has 0 bridgehead atoms. The van der Waals surface area contributed by atoms with Crippen LogP contribution in [-0.2, 0) is 0 Å². The smallest absolute Gasteiger partial charge is 0.0642 e. The second kappa shape index (κ2) is 5.79. The van der Waals surface area contributed by atoms with Gasteiger partial charge >= 0.3 is 0 Å². The van der Waals surface area contributed by atoms with Crippen LogP contribution < -0.4 is 0 Å². The Morgan fingerprint density at radius 2 is 2.11 bits per heavy atom. The molecule has 2 N–H and O–H groups in total. The first-order chi connectivity index (χ1) is 4.35. The fourth-order valence-corrected chi connectivity index (χ4v) is 0.696. The Labute approximate surface area is 55.8 Å². The van der Waals surface area contributed by atoms with Crippen molar-refractivity contribution in [3.8, 4) is 0 Å². The maximum Gasteiger partial charge on any atom is 0.0642 e. The van der Waals surface area contributed by atoms with Gasteiger partial charge in [-0.05, 0) is 12.0 Å². The zero-order valence-corrected chi connectivity index (χ0v) is 5.80. The number of hydrogen-bond donors (Lipinski definition) is 2. The van der Waals surface area contributed by atoms with Gasteiger partial charge in [-0.15, -0.1) is 0 Å². The lowest BCUT2D eigenvalue weighted by Crippen LogP contribution is -1.91. The van der Waals surface area contributed by atoms with Crippen LogP contribution in [0, 0.1) is 0 Å². The second-order valence-corrected chi connectivity index (χ2v) is 1.95. The minimum atomic E-state index is 0.0376. The molecule has 0 aliphatic heterocycles. The lowest BCUT2D eigenvalue weighted by atomic mass is 10.1. The monoisotopic (exact) mass is 130 g/mol. The third-order valence-electron chi connectivity index (χ3n) is 1.15. The van der Waals surface area contributed by atoms with Crippen molar-refractivity contribution in [2.45, 2.75) is 19.8 Å². The topological polar surface area (TPSA) is 40.5 Å². The lowest BCUT2D eigenvalue weighted by molar-refractivity contribution is 0.315. The Morgan fingerprint density at radius 1 is 1.44 bits per heavy atom. The SMILES string of the molecule is CCC/C(=C\CO)CO. The molecule has 0 aliphatic carbocycles. The molecule has 0 spiro atoms. The first-order valence-electron chi connectivity index (χ1n) is 3.24. The van der Waals surface area contributed by atoms with Crippen molar-refractivity contribution >= 4 is 0 Å². The molecule has 0 rings (SSSR count). The van der Waals surface area contributed by atoms with E-state index in [4.69, 9.17) is 10.2 Å². The van der Waals surface area contributed by atoms with E-state index in [-0.39, 0.29) is 13.2 Å². The Kier molecular flexibility index (Phi) is 5.57. The Balaban J connectivity index is 3.53. The Hall–Kier alpha value is -0.340. The van der Waals surface area contributed by atoms with E-state index in [2.05, 4.69) is 0 Å². The molecule has 0 saturated heterocycles. The Bertz CT molecular complexity index is 86.9. The van der Waals surface area contributed by atoms with Crippen LogP contribution in [0.1, 0.15) is 19.8 Å². The fourth-order valence-electron chi connectivity index (χ4n) is 0.696. The van der Waals surface area contributed by atoms with E-state index in [1.165, 1.54) is 0 Å². The molecule has 0 heterocycles. The molecular weight excluding hydrogens is 116 g/mol. The van der Waals surface area contributed by atoms with Crippen molar-refractivity contribution in [2.24, 2.45) is 0 Å². The van der Waals surface area contributed by atoms with E-state index < -0.39 is 0 Å². The predicted octanol–water partition coefficient (Wildman–Crippen LogP) is 0.698. The van der Waals surface area contributed by atoms with Gasteiger partial charge in [-0.2, -0.15) is 0 Å². The van der Waals surface area contributed by atoms with E-state index in [0.717, 1.165) is 18.4 Å². The minimum Gasteiger partial charge on any atom is -0.392 e. The summed E-state index contributed by atoms with van der Waals surface area (Å²) in [5.41, 5.74) is 0.931. The van der Waals surface area contributed by atoms with Gasteiger partial charge in [0.05, 0.1) is 13.2 Å². The van der Waals surface area contributed by atoms with Gasteiger partial charge in [0.2, 0.25) is 0 Å².